The van der Waals surface area contributed by atoms with Gasteiger partial charge in [-0.3, -0.25) is 9.59 Å². The average molecular weight is 551 g/mol. The largest absolute Gasteiger partial charge is 0.488 e. The third kappa shape index (κ3) is 4.62. The van der Waals surface area contributed by atoms with Gasteiger partial charge in [0, 0.05) is 5.02 Å². The van der Waals surface area contributed by atoms with Gasteiger partial charge in [0.25, 0.3) is 11.1 Å². The van der Waals surface area contributed by atoms with Gasteiger partial charge in [0.1, 0.15) is 12.4 Å². The van der Waals surface area contributed by atoms with Crippen LogP contribution in [0.4, 0.5) is 10.5 Å². The first kappa shape index (κ1) is 22.7. The second kappa shape index (κ2) is 9.66. The molecule has 4 nitrogen and oxygen atoms in total. The van der Waals surface area contributed by atoms with Crippen molar-refractivity contribution in [1.82, 2.24) is 0 Å². The number of ether oxygens (including phenoxy) is 1. The first-order chi connectivity index (χ1) is 16.5. The molecule has 4 aromatic rings. The van der Waals surface area contributed by atoms with Gasteiger partial charge < -0.3 is 4.74 Å². The molecule has 0 saturated carbocycles. The number of halogens is 2. The van der Waals surface area contributed by atoms with Crippen molar-refractivity contribution in [1.29, 1.82) is 0 Å². The number of benzene rings is 4. The third-order valence-corrected chi connectivity index (χ3v) is 7.14. The summed E-state index contributed by atoms with van der Waals surface area (Å²) in [6.07, 6.45) is 1.71. The van der Waals surface area contributed by atoms with Gasteiger partial charge in [-0.2, -0.15) is 0 Å². The quantitative estimate of drug-likeness (QED) is 0.236. The average Bonchev–Trinajstić information content (AvgIpc) is 3.11. The zero-order valence-electron chi connectivity index (χ0n) is 17.7. The standard InChI is InChI=1S/C27H17BrClNO3S/c28-23-14-17(15-25-26(31)30(27(32)34-25)21-11-9-20(29)10-12-21)8-13-24(23)33-16-19-6-3-5-18-4-1-2-7-22(18)19/h1-15H,16H2. The Balaban J connectivity index is 1.33. The number of fused-ring (bicyclic) bond motifs is 1. The molecule has 1 aliphatic heterocycles. The van der Waals surface area contributed by atoms with E-state index in [4.69, 9.17) is 16.3 Å². The van der Waals surface area contributed by atoms with E-state index in [1.165, 1.54) is 5.39 Å². The lowest BCUT2D eigenvalue weighted by Crippen LogP contribution is -2.27. The minimum atomic E-state index is -0.357. The van der Waals surface area contributed by atoms with Crippen molar-refractivity contribution in [2.24, 2.45) is 0 Å². The molecule has 0 aliphatic carbocycles. The third-order valence-electron chi connectivity index (χ3n) is 5.40. The van der Waals surface area contributed by atoms with Crippen LogP contribution in [0.1, 0.15) is 11.1 Å². The van der Waals surface area contributed by atoms with Gasteiger partial charge >= 0.3 is 0 Å². The molecule has 0 N–H and O–H groups in total. The summed E-state index contributed by atoms with van der Waals surface area (Å²) in [6, 6.07) is 26.6. The number of thioether (sulfide) groups is 1. The van der Waals surface area contributed by atoms with Gasteiger partial charge in [-0.05, 0) is 92.1 Å². The zero-order valence-corrected chi connectivity index (χ0v) is 20.9. The number of rotatable bonds is 5. The van der Waals surface area contributed by atoms with Crippen LogP contribution in [0.5, 0.6) is 5.75 Å². The second-order valence-electron chi connectivity index (χ2n) is 7.61. The van der Waals surface area contributed by atoms with E-state index < -0.39 is 0 Å². The molecule has 5 rings (SSSR count). The number of nitrogens with zero attached hydrogens (tertiary/aromatic N) is 1. The number of imide groups is 1. The smallest absolute Gasteiger partial charge is 0.298 e. The molecular formula is C27H17BrClNO3S. The fourth-order valence-corrected chi connectivity index (χ4v) is 5.21. The van der Waals surface area contributed by atoms with Crippen LogP contribution in [0.2, 0.25) is 5.02 Å². The molecule has 0 aromatic heterocycles. The van der Waals surface area contributed by atoms with Crippen molar-refractivity contribution in [3.05, 3.63) is 110 Å². The Morgan fingerprint density at radius 3 is 2.50 bits per heavy atom. The molecule has 1 heterocycles. The maximum atomic E-state index is 12.9. The molecule has 0 radical (unpaired) electrons. The van der Waals surface area contributed by atoms with E-state index in [2.05, 4.69) is 40.2 Å². The van der Waals surface area contributed by atoms with E-state index >= 15 is 0 Å². The summed E-state index contributed by atoms with van der Waals surface area (Å²) in [5.41, 5.74) is 2.38. The molecule has 7 heteroatoms. The fourth-order valence-electron chi connectivity index (χ4n) is 3.73. The molecule has 34 heavy (non-hydrogen) atoms. The SMILES string of the molecule is O=C1SC(=Cc2ccc(OCc3cccc4ccccc34)c(Br)c2)C(=O)N1c1ccc(Cl)cc1. The summed E-state index contributed by atoms with van der Waals surface area (Å²) in [6.45, 7) is 0.430. The van der Waals surface area contributed by atoms with E-state index in [1.807, 2.05) is 36.4 Å². The van der Waals surface area contributed by atoms with E-state index in [0.29, 0.717) is 28.0 Å². The highest BCUT2D eigenvalue weighted by Gasteiger charge is 2.36. The van der Waals surface area contributed by atoms with Gasteiger partial charge in [-0.1, -0.05) is 60.1 Å². The highest BCUT2D eigenvalue weighted by atomic mass is 79.9. The summed E-state index contributed by atoms with van der Waals surface area (Å²) >= 11 is 10.4. The van der Waals surface area contributed by atoms with Crippen LogP contribution in [-0.4, -0.2) is 11.1 Å². The molecule has 1 fully saturated rings. The van der Waals surface area contributed by atoms with E-state index in [0.717, 1.165) is 37.6 Å². The summed E-state index contributed by atoms with van der Waals surface area (Å²) < 4.78 is 6.83. The van der Waals surface area contributed by atoms with Crippen molar-refractivity contribution in [3.8, 4) is 5.75 Å². The Hall–Kier alpha value is -3.06. The molecule has 0 unspecified atom stereocenters. The minimum absolute atomic E-state index is 0.340. The summed E-state index contributed by atoms with van der Waals surface area (Å²) in [4.78, 5) is 26.9. The topological polar surface area (TPSA) is 46.6 Å². The minimum Gasteiger partial charge on any atom is -0.488 e. The number of hydrogen-bond acceptors (Lipinski definition) is 4. The van der Waals surface area contributed by atoms with Crippen LogP contribution in [0.25, 0.3) is 16.8 Å². The highest BCUT2D eigenvalue weighted by Crippen LogP contribution is 2.37. The molecular weight excluding hydrogens is 534 g/mol. The monoisotopic (exact) mass is 549 g/mol. The number of carbonyl (C=O) groups excluding carboxylic acids is 2. The van der Waals surface area contributed by atoms with Crippen molar-refractivity contribution in [2.45, 2.75) is 6.61 Å². The Labute approximate surface area is 214 Å². The van der Waals surface area contributed by atoms with Crippen LogP contribution in [-0.2, 0) is 11.4 Å². The van der Waals surface area contributed by atoms with Gasteiger partial charge in [-0.25, -0.2) is 4.90 Å². The van der Waals surface area contributed by atoms with Crippen molar-refractivity contribution >= 4 is 73.0 Å². The summed E-state index contributed by atoms with van der Waals surface area (Å²) in [5.74, 6) is 0.337. The lowest BCUT2D eigenvalue weighted by molar-refractivity contribution is -0.113. The number of anilines is 1. The maximum absolute atomic E-state index is 12.9. The predicted octanol–water partition coefficient (Wildman–Crippen LogP) is 8.08. The Morgan fingerprint density at radius 2 is 1.71 bits per heavy atom. The van der Waals surface area contributed by atoms with Crippen LogP contribution in [0.3, 0.4) is 0 Å². The van der Waals surface area contributed by atoms with Gasteiger partial charge in [0.05, 0.1) is 15.1 Å². The van der Waals surface area contributed by atoms with Crippen molar-refractivity contribution in [2.75, 3.05) is 4.90 Å². The van der Waals surface area contributed by atoms with Crippen molar-refractivity contribution in [3.63, 3.8) is 0 Å². The van der Waals surface area contributed by atoms with Gasteiger partial charge in [0.2, 0.25) is 0 Å². The number of carbonyl (C=O) groups is 2. The molecule has 168 valence electrons. The number of hydrogen-bond donors (Lipinski definition) is 0. The Morgan fingerprint density at radius 1 is 0.941 bits per heavy atom. The second-order valence-corrected chi connectivity index (χ2v) is 9.89. The molecule has 2 amide bonds. The lowest BCUT2D eigenvalue weighted by Gasteiger charge is -2.12. The van der Waals surface area contributed by atoms with E-state index in [1.54, 1.807) is 30.3 Å². The normalized spacial score (nSPS) is 14.9. The fraction of sp³-hybridized carbons (Fsp3) is 0.0370. The highest BCUT2D eigenvalue weighted by molar-refractivity contribution is 9.10. The molecule has 0 atom stereocenters. The predicted molar refractivity (Wildman–Crippen MR) is 142 cm³/mol. The summed E-state index contributed by atoms with van der Waals surface area (Å²) in [5, 5.41) is 2.53. The Kier molecular flexibility index (Phi) is 6.46. The van der Waals surface area contributed by atoms with Crippen LogP contribution >= 0.6 is 39.3 Å². The van der Waals surface area contributed by atoms with Gasteiger partial charge in [-0.15, -0.1) is 0 Å². The van der Waals surface area contributed by atoms with E-state index in [-0.39, 0.29) is 11.1 Å². The molecule has 0 spiro atoms. The zero-order chi connectivity index (χ0) is 23.7. The molecule has 1 aliphatic rings. The Bertz CT molecular complexity index is 1450. The van der Waals surface area contributed by atoms with Crippen LogP contribution in [0.15, 0.2) is 94.3 Å². The molecule has 0 bridgehead atoms. The molecule has 4 aromatic carbocycles. The maximum Gasteiger partial charge on any atom is 0.298 e. The lowest BCUT2D eigenvalue weighted by atomic mass is 10.1. The van der Waals surface area contributed by atoms with Crippen LogP contribution < -0.4 is 9.64 Å². The molecule has 1 saturated heterocycles. The van der Waals surface area contributed by atoms with Crippen molar-refractivity contribution < 1.29 is 14.3 Å². The van der Waals surface area contributed by atoms with E-state index in [9.17, 15) is 9.59 Å². The van der Waals surface area contributed by atoms with Crippen LogP contribution in [0, 0.1) is 0 Å². The van der Waals surface area contributed by atoms with Gasteiger partial charge in [0.15, 0.2) is 0 Å². The summed E-state index contributed by atoms with van der Waals surface area (Å²) in [7, 11) is 0. The first-order valence-corrected chi connectivity index (χ1v) is 12.4. The first-order valence-electron chi connectivity index (χ1n) is 10.4. The number of amides is 2.